The molecule has 1 rings (SSSR count). The Hall–Kier alpha value is -1.99. The zero-order valence-corrected chi connectivity index (χ0v) is 9.55. The molecule has 4 heteroatoms. The van der Waals surface area contributed by atoms with Gasteiger partial charge >= 0.3 is 5.97 Å². The van der Waals surface area contributed by atoms with Crippen LogP contribution in [-0.2, 0) is 4.74 Å². The number of carbonyl (C=O) groups is 1. The molecule has 0 radical (unpaired) electrons. The zero-order chi connectivity index (χ0) is 12.7. The van der Waals surface area contributed by atoms with E-state index in [1.807, 2.05) is 0 Å². The van der Waals surface area contributed by atoms with Crippen LogP contribution in [0.5, 0.6) is 5.75 Å². The second-order valence-corrected chi connectivity index (χ2v) is 3.36. The molecule has 0 aromatic heterocycles. The van der Waals surface area contributed by atoms with Gasteiger partial charge in [0, 0.05) is 0 Å². The van der Waals surface area contributed by atoms with Crippen molar-refractivity contribution in [1.29, 1.82) is 0 Å². The van der Waals surface area contributed by atoms with Crippen molar-refractivity contribution in [3.8, 4) is 18.1 Å². The number of rotatable bonds is 6. The summed E-state index contributed by atoms with van der Waals surface area (Å²) >= 11 is 0. The Morgan fingerprint density at radius 1 is 1.41 bits per heavy atom. The molecule has 90 valence electrons. The van der Waals surface area contributed by atoms with Gasteiger partial charge in [0.25, 0.3) is 0 Å². The summed E-state index contributed by atoms with van der Waals surface area (Å²) in [7, 11) is 0. The van der Waals surface area contributed by atoms with Crippen molar-refractivity contribution in [3.63, 3.8) is 0 Å². The van der Waals surface area contributed by atoms with E-state index in [1.54, 1.807) is 19.1 Å². The lowest BCUT2D eigenvalue weighted by Gasteiger charge is -2.08. The first-order valence-corrected chi connectivity index (χ1v) is 5.17. The van der Waals surface area contributed by atoms with Gasteiger partial charge in [-0.2, -0.15) is 0 Å². The van der Waals surface area contributed by atoms with Gasteiger partial charge in [-0.3, -0.25) is 0 Å². The molecule has 1 unspecified atom stereocenters. The number of hydrogen-bond acceptors (Lipinski definition) is 3. The summed E-state index contributed by atoms with van der Waals surface area (Å²) in [6, 6.07) is 6.19. The Morgan fingerprint density at radius 2 is 2.06 bits per heavy atom. The summed E-state index contributed by atoms with van der Waals surface area (Å²) in [5, 5.41) is 8.70. The highest BCUT2D eigenvalue weighted by molar-refractivity contribution is 5.87. The van der Waals surface area contributed by atoms with Gasteiger partial charge in [0.15, 0.2) is 0 Å². The molecule has 1 N–H and O–H groups in total. The molecule has 0 saturated heterocycles. The van der Waals surface area contributed by atoms with Crippen molar-refractivity contribution < 1.29 is 19.4 Å². The largest absolute Gasteiger partial charge is 0.491 e. The number of terminal acetylenes is 1. The molecule has 0 aliphatic heterocycles. The fraction of sp³-hybridized carbons (Fsp3) is 0.308. The number of carboxylic acid groups (broad SMARTS) is 1. The predicted molar refractivity (Wildman–Crippen MR) is 63.1 cm³/mol. The van der Waals surface area contributed by atoms with Gasteiger partial charge in [-0.25, -0.2) is 4.79 Å². The molecular formula is C13H14O4. The molecular weight excluding hydrogens is 220 g/mol. The molecule has 0 amide bonds. The van der Waals surface area contributed by atoms with Gasteiger partial charge in [0.1, 0.15) is 18.5 Å². The Kier molecular flexibility index (Phi) is 5.05. The van der Waals surface area contributed by atoms with Crippen LogP contribution in [0.2, 0.25) is 0 Å². The first-order valence-electron chi connectivity index (χ1n) is 5.17. The smallest absolute Gasteiger partial charge is 0.335 e. The van der Waals surface area contributed by atoms with Crippen LogP contribution in [-0.4, -0.2) is 30.4 Å². The van der Waals surface area contributed by atoms with Crippen molar-refractivity contribution in [1.82, 2.24) is 0 Å². The molecule has 0 saturated carbocycles. The molecule has 1 aromatic carbocycles. The Balaban J connectivity index is 2.33. The number of ether oxygens (including phenoxy) is 2. The minimum Gasteiger partial charge on any atom is -0.491 e. The van der Waals surface area contributed by atoms with Crippen LogP contribution in [0.1, 0.15) is 17.3 Å². The van der Waals surface area contributed by atoms with E-state index < -0.39 is 5.97 Å². The normalized spacial score (nSPS) is 11.5. The average Bonchev–Trinajstić information content (AvgIpc) is 2.34. The molecule has 0 aliphatic carbocycles. The molecule has 0 spiro atoms. The third-order valence-corrected chi connectivity index (χ3v) is 2.06. The van der Waals surface area contributed by atoms with Crippen LogP contribution in [0, 0.1) is 12.3 Å². The predicted octanol–water partition coefficient (Wildman–Crippen LogP) is 1.80. The number of carboxylic acids is 1. The van der Waals surface area contributed by atoms with Crippen LogP contribution < -0.4 is 4.74 Å². The first kappa shape index (κ1) is 13.1. The first-order chi connectivity index (χ1) is 8.13. The summed E-state index contributed by atoms with van der Waals surface area (Å²) in [6.45, 7) is 2.55. The highest BCUT2D eigenvalue weighted by Crippen LogP contribution is 2.11. The molecule has 0 bridgehead atoms. The summed E-state index contributed by atoms with van der Waals surface area (Å²) in [6.07, 6.45) is 4.91. The van der Waals surface area contributed by atoms with E-state index in [0.717, 1.165) is 0 Å². The fourth-order valence-electron chi connectivity index (χ4n) is 1.13. The lowest BCUT2D eigenvalue weighted by Crippen LogP contribution is -2.12. The maximum Gasteiger partial charge on any atom is 0.335 e. The van der Waals surface area contributed by atoms with E-state index in [9.17, 15) is 4.79 Å². The van der Waals surface area contributed by atoms with Crippen molar-refractivity contribution in [2.45, 2.75) is 13.0 Å². The van der Waals surface area contributed by atoms with Crippen LogP contribution in [0.3, 0.4) is 0 Å². The second-order valence-electron chi connectivity index (χ2n) is 3.36. The number of benzene rings is 1. The fourth-order valence-corrected chi connectivity index (χ4v) is 1.13. The second kappa shape index (κ2) is 6.56. The highest BCUT2D eigenvalue weighted by Gasteiger charge is 2.02. The number of hydrogen-bond donors (Lipinski definition) is 1. The van der Waals surface area contributed by atoms with E-state index in [0.29, 0.717) is 19.0 Å². The van der Waals surface area contributed by atoms with Crippen molar-refractivity contribution >= 4 is 5.97 Å². The van der Waals surface area contributed by atoms with Crippen LogP contribution in [0.25, 0.3) is 0 Å². The van der Waals surface area contributed by atoms with Gasteiger partial charge < -0.3 is 14.6 Å². The maximum atomic E-state index is 10.6. The molecule has 17 heavy (non-hydrogen) atoms. The molecule has 0 fully saturated rings. The molecule has 0 aliphatic rings. The monoisotopic (exact) mass is 234 g/mol. The lowest BCUT2D eigenvalue weighted by molar-refractivity contribution is 0.0695. The van der Waals surface area contributed by atoms with Gasteiger partial charge in [-0.05, 0) is 31.2 Å². The van der Waals surface area contributed by atoms with E-state index in [4.69, 9.17) is 21.0 Å². The zero-order valence-electron chi connectivity index (χ0n) is 9.55. The average molecular weight is 234 g/mol. The van der Waals surface area contributed by atoms with Gasteiger partial charge in [0.2, 0.25) is 0 Å². The standard InChI is InChI=1S/C13H14O4/c1-3-10(2)16-8-9-17-12-6-4-11(5-7-12)13(14)15/h1,4-7,10H,8-9H2,2H3,(H,14,15). The SMILES string of the molecule is C#CC(C)OCCOc1ccc(C(=O)O)cc1. The summed E-state index contributed by atoms with van der Waals surface area (Å²) in [5.74, 6) is 2.09. The Labute approximate surface area is 100 Å². The summed E-state index contributed by atoms with van der Waals surface area (Å²) in [4.78, 5) is 10.6. The van der Waals surface area contributed by atoms with Crippen LogP contribution in [0.4, 0.5) is 0 Å². The minimum absolute atomic E-state index is 0.229. The molecule has 0 heterocycles. The quantitative estimate of drug-likeness (QED) is 0.602. The molecule has 1 atom stereocenters. The van der Waals surface area contributed by atoms with Crippen LogP contribution >= 0.6 is 0 Å². The van der Waals surface area contributed by atoms with Crippen molar-refractivity contribution in [2.24, 2.45) is 0 Å². The van der Waals surface area contributed by atoms with Crippen molar-refractivity contribution in [2.75, 3.05) is 13.2 Å². The number of aromatic carboxylic acids is 1. The topological polar surface area (TPSA) is 55.8 Å². The van der Waals surface area contributed by atoms with E-state index in [2.05, 4.69) is 5.92 Å². The van der Waals surface area contributed by atoms with Gasteiger partial charge in [-0.15, -0.1) is 6.42 Å². The van der Waals surface area contributed by atoms with Crippen molar-refractivity contribution in [3.05, 3.63) is 29.8 Å². The Bertz CT molecular complexity index is 402. The van der Waals surface area contributed by atoms with E-state index >= 15 is 0 Å². The van der Waals surface area contributed by atoms with Crippen LogP contribution in [0.15, 0.2) is 24.3 Å². The Morgan fingerprint density at radius 3 is 2.59 bits per heavy atom. The van der Waals surface area contributed by atoms with E-state index in [1.165, 1.54) is 12.1 Å². The third-order valence-electron chi connectivity index (χ3n) is 2.06. The summed E-state index contributed by atoms with van der Waals surface area (Å²) in [5.41, 5.74) is 0.231. The lowest BCUT2D eigenvalue weighted by atomic mass is 10.2. The van der Waals surface area contributed by atoms with Gasteiger partial charge in [0.05, 0.1) is 12.2 Å². The third kappa shape index (κ3) is 4.58. The molecule has 1 aromatic rings. The summed E-state index contributed by atoms with van der Waals surface area (Å²) < 4.78 is 10.6. The highest BCUT2D eigenvalue weighted by atomic mass is 16.5. The minimum atomic E-state index is -0.956. The van der Waals surface area contributed by atoms with Gasteiger partial charge in [-0.1, -0.05) is 5.92 Å². The molecule has 4 nitrogen and oxygen atoms in total. The maximum absolute atomic E-state index is 10.6. The van der Waals surface area contributed by atoms with E-state index in [-0.39, 0.29) is 11.7 Å².